The number of benzene rings is 1. The van der Waals surface area contributed by atoms with Crippen LogP contribution in [0.2, 0.25) is 0 Å². The quantitative estimate of drug-likeness (QED) is 0.671. The second-order valence-electron chi connectivity index (χ2n) is 5.47. The van der Waals surface area contributed by atoms with Crippen LogP contribution < -0.4 is 5.32 Å². The number of hydrogen-bond acceptors (Lipinski definition) is 3. The SMILES string of the molecule is Cc1[nH]c2c(F)cc(F)cc2c1CCNC(=O)c1ccc(CO)o1. The van der Waals surface area contributed by atoms with Gasteiger partial charge in [0.25, 0.3) is 5.91 Å². The lowest BCUT2D eigenvalue weighted by Gasteiger charge is -2.04. The summed E-state index contributed by atoms with van der Waals surface area (Å²) in [6, 6.07) is 5.10. The van der Waals surface area contributed by atoms with E-state index in [1.165, 1.54) is 18.2 Å². The maximum Gasteiger partial charge on any atom is 0.287 e. The first kappa shape index (κ1) is 16.2. The third-order valence-corrected chi connectivity index (χ3v) is 3.85. The van der Waals surface area contributed by atoms with Gasteiger partial charge in [-0.1, -0.05) is 0 Å². The minimum atomic E-state index is -0.643. The predicted molar refractivity (Wildman–Crippen MR) is 83.6 cm³/mol. The number of hydrogen-bond donors (Lipinski definition) is 3. The van der Waals surface area contributed by atoms with Gasteiger partial charge in [-0.3, -0.25) is 4.79 Å². The number of furan rings is 1. The van der Waals surface area contributed by atoms with E-state index in [4.69, 9.17) is 9.52 Å². The number of aliphatic hydroxyl groups excluding tert-OH is 1. The highest BCUT2D eigenvalue weighted by molar-refractivity contribution is 5.91. The van der Waals surface area contributed by atoms with Gasteiger partial charge in [0.2, 0.25) is 0 Å². The van der Waals surface area contributed by atoms with Crippen molar-refractivity contribution < 1.29 is 23.1 Å². The first-order valence-electron chi connectivity index (χ1n) is 7.43. The number of aromatic amines is 1. The van der Waals surface area contributed by atoms with Gasteiger partial charge >= 0.3 is 0 Å². The van der Waals surface area contributed by atoms with E-state index in [0.717, 1.165) is 17.3 Å². The molecule has 3 aromatic rings. The largest absolute Gasteiger partial charge is 0.453 e. The first-order chi connectivity index (χ1) is 11.5. The summed E-state index contributed by atoms with van der Waals surface area (Å²) >= 11 is 0. The molecule has 0 aliphatic rings. The average Bonchev–Trinajstić information content (AvgIpc) is 3.13. The average molecular weight is 334 g/mol. The molecule has 1 amide bonds. The highest BCUT2D eigenvalue weighted by Crippen LogP contribution is 2.25. The molecular formula is C17H16F2N2O3. The molecule has 0 atom stereocenters. The summed E-state index contributed by atoms with van der Waals surface area (Å²) in [5.74, 6) is -1.29. The summed E-state index contributed by atoms with van der Waals surface area (Å²) in [7, 11) is 0. The molecule has 0 spiro atoms. The molecule has 7 heteroatoms. The molecular weight excluding hydrogens is 318 g/mol. The van der Waals surface area contributed by atoms with Crippen molar-refractivity contribution >= 4 is 16.8 Å². The number of aliphatic hydroxyl groups is 1. The lowest BCUT2D eigenvalue weighted by molar-refractivity contribution is 0.0921. The smallest absolute Gasteiger partial charge is 0.287 e. The molecule has 1 aromatic carbocycles. The zero-order chi connectivity index (χ0) is 17.3. The molecule has 2 aromatic heterocycles. The van der Waals surface area contributed by atoms with Crippen LogP contribution in [-0.4, -0.2) is 22.5 Å². The van der Waals surface area contributed by atoms with Crippen LogP contribution in [0.4, 0.5) is 8.78 Å². The summed E-state index contributed by atoms with van der Waals surface area (Å²) in [4.78, 5) is 14.8. The Morgan fingerprint density at radius 3 is 2.83 bits per heavy atom. The molecule has 0 fully saturated rings. The van der Waals surface area contributed by atoms with E-state index >= 15 is 0 Å². The number of carbonyl (C=O) groups excluding carboxylic acids is 1. The van der Waals surface area contributed by atoms with Crippen molar-refractivity contribution in [1.82, 2.24) is 10.3 Å². The molecule has 0 saturated carbocycles. The molecule has 2 heterocycles. The lowest BCUT2D eigenvalue weighted by Crippen LogP contribution is -2.25. The predicted octanol–water partition coefficient (Wildman–Crippen LogP) is 2.81. The van der Waals surface area contributed by atoms with Crippen molar-refractivity contribution in [2.24, 2.45) is 0 Å². The van der Waals surface area contributed by atoms with Gasteiger partial charge < -0.3 is 19.8 Å². The van der Waals surface area contributed by atoms with Gasteiger partial charge in [0, 0.05) is 23.7 Å². The number of halogens is 2. The number of carbonyl (C=O) groups is 1. The monoisotopic (exact) mass is 334 g/mol. The van der Waals surface area contributed by atoms with Crippen LogP contribution in [0.15, 0.2) is 28.7 Å². The van der Waals surface area contributed by atoms with E-state index < -0.39 is 17.5 Å². The second-order valence-corrected chi connectivity index (χ2v) is 5.47. The highest BCUT2D eigenvalue weighted by Gasteiger charge is 2.15. The van der Waals surface area contributed by atoms with Crippen LogP contribution >= 0.6 is 0 Å². The van der Waals surface area contributed by atoms with Gasteiger partial charge in [0.05, 0.1) is 5.52 Å². The van der Waals surface area contributed by atoms with E-state index in [1.807, 2.05) is 0 Å². The van der Waals surface area contributed by atoms with Crippen LogP contribution in [-0.2, 0) is 13.0 Å². The van der Waals surface area contributed by atoms with Crippen molar-refractivity contribution in [2.75, 3.05) is 6.54 Å². The zero-order valence-electron chi connectivity index (χ0n) is 13.0. The van der Waals surface area contributed by atoms with E-state index in [0.29, 0.717) is 17.6 Å². The summed E-state index contributed by atoms with van der Waals surface area (Å²) in [6.07, 6.45) is 0.411. The molecule has 0 aliphatic carbocycles. The van der Waals surface area contributed by atoms with Crippen LogP contribution in [0.5, 0.6) is 0 Å². The Balaban J connectivity index is 1.72. The summed E-state index contributed by atoms with van der Waals surface area (Å²) in [5.41, 5.74) is 1.73. The Bertz CT molecular complexity index is 899. The molecule has 24 heavy (non-hydrogen) atoms. The minimum absolute atomic E-state index is 0.104. The Kier molecular flexibility index (Phi) is 4.35. The van der Waals surface area contributed by atoms with Gasteiger partial charge in [0.15, 0.2) is 5.76 Å². The van der Waals surface area contributed by atoms with Crippen molar-refractivity contribution in [1.29, 1.82) is 0 Å². The molecule has 0 radical (unpaired) electrons. The number of H-pyrrole nitrogens is 1. The Hall–Kier alpha value is -2.67. The Morgan fingerprint density at radius 1 is 1.33 bits per heavy atom. The molecule has 0 saturated heterocycles. The molecule has 5 nitrogen and oxygen atoms in total. The van der Waals surface area contributed by atoms with Crippen molar-refractivity contribution in [3.63, 3.8) is 0 Å². The Labute approximate surface area is 136 Å². The zero-order valence-corrected chi connectivity index (χ0v) is 13.0. The number of aryl methyl sites for hydroxylation is 1. The van der Waals surface area contributed by atoms with Crippen LogP contribution in [0, 0.1) is 18.6 Å². The fourth-order valence-electron chi connectivity index (χ4n) is 2.70. The molecule has 3 rings (SSSR count). The van der Waals surface area contributed by atoms with Crippen LogP contribution in [0.25, 0.3) is 10.9 Å². The summed E-state index contributed by atoms with van der Waals surface area (Å²) in [6.45, 7) is 1.77. The van der Waals surface area contributed by atoms with E-state index in [1.54, 1.807) is 6.92 Å². The van der Waals surface area contributed by atoms with E-state index in [-0.39, 0.29) is 24.4 Å². The van der Waals surface area contributed by atoms with Gasteiger partial charge in [0.1, 0.15) is 24.0 Å². The second kappa shape index (κ2) is 6.45. The maximum absolute atomic E-state index is 13.8. The van der Waals surface area contributed by atoms with E-state index in [2.05, 4.69) is 10.3 Å². The van der Waals surface area contributed by atoms with Gasteiger partial charge in [-0.05, 0) is 37.1 Å². The molecule has 0 unspecified atom stereocenters. The summed E-state index contributed by atoms with van der Waals surface area (Å²) < 4.78 is 32.4. The first-order valence-corrected chi connectivity index (χ1v) is 7.43. The fourth-order valence-corrected chi connectivity index (χ4v) is 2.70. The molecule has 3 N–H and O–H groups in total. The molecule has 0 bridgehead atoms. The van der Waals surface area contributed by atoms with Gasteiger partial charge in [-0.2, -0.15) is 0 Å². The Morgan fingerprint density at radius 2 is 2.12 bits per heavy atom. The minimum Gasteiger partial charge on any atom is -0.453 e. The number of rotatable bonds is 5. The van der Waals surface area contributed by atoms with Crippen LogP contribution in [0.3, 0.4) is 0 Å². The number of nitrogens with one attached hydrogen (secondary N) is 2. The number of amides is 1. The normalized spacial score (nSPS) is 11.2. The standard InChI is InChI=1S/C17H16F2N2O3/c1-9-12(13-6-10(18)7-14(19)16(13)21-9)4-5-20-17(23)15-3-2-11(8-22)24-15/h2-3,6-7,21-22H,4-5,8H2,1H3,(H,20,23). The topological polar surface area (TPSA) is 78.3 Å². The summed E-state index contributed by atoms with van der Waals surface area (Å²) in [5, 5.41) is 12.1. The number of fused-ring (bicyclic) bond motifs is 1. The molecule has 0 aliphatic heterocycles. The van der Waals surface area contributed by atoms with Crippen LogP contribution in [0.1, 0.15) is 27.6 Å². The fraction of sp³-hybridized carbons (Fsp3) is 0.235. The van der Waals surface area contributed by atoms with E-state index in [9.17, 15) is 13.6 Å². The van der Waals surface area contributed by atoms with Crippen molar-refractivity contribution in [3.05, 3.63) is 58.7 Å². The van der Waals surface area contributed by atoms with Gasteiger partial charge in [-0.25, -0.2) is 8.78 Å². The molecule has 126 valence electrons. The van der Waals surface area contributed by atoms with Crippen molar-refractivity contribution in [3.8, 4) is 0 Å². The third-order valence-electron chi connectivity index (χ3n) is 3.85. The van der Waals surface area contributed by atoms with Crippen molar-refractivity contribution in [2.45, 2.75) is 20.0 Å². The number of aromatic nitrogens is 1. The lowest BCUT2D eigenvalue weighted by atomic mass is 10.1. The maximum atomic E-state index is 13.8. The van der Waals surface area contributed by atoms with Gasteiger partial charge in [-0.15, -0.1) is 0 Å². The highest BCUT2D eigenvalue weighted by atomic mass is 19.1. The third kappa shape index (κ3) is 3.03.